The number of carboxylic acids is 1. The number of carbonyl (C=O) groups is 3. The summed E-state index contributed by atoms with van der Waals surface area (Å²) in [7, 11) is 0. The molecule has 3 amide bonds. The van der Waals surface area contributed by atoms with Crippen LogP contribution in [0, 0.1) is 0 Å². The van der Waals surface area contributed by atoms with Crippen molar-refractivity contribution in [1.82, 2.24) is 5.32 Å². The van der Waals surface area contributed by atoms with E-state index >= 15 is 0 Å². The number of aryl methyl sites for hydroxylation is 1. The van der Waals surface area contributed by atoms with Crippen LogP contribution in [0.3, 0.4) is 0 Å². The predicted molar refractivity (Wildman–Crippen MR) is 127 cm³/mol. The average molecular weight is 444 g/mol. The lowest BCUT2D eigenvalue weighted by molar-refractivity contribution is -0.140. The van der Waals surface area contributed by atoms with E-state index in [0.717, 1.165) is 23.2 Å². The minimum atomic E-state index is -1.11. The van der Waals surface area contributed by atoms with Crippen molar-refractivity contribution < 1.29 is 19.5 Å². The summed E-state index contributed by atoms with van der Waals surface area (Å²) in [5.74, 6) is -1.39. The lowest BCUT2D eigenvalue weighted by atomic mass is 10.0. The normalized spacial score (nSPS) is 13.6. The molecule has 0 radical (unpaired) electrons. The molecule has 7 nitrogen and oxygen atoms in total. The molecule has 1 fully saturated rings. The Morgan fingerprint density at radius 3 is 1.73 bits per heavy atom. The highest BCUT2D eigenvalue weighted by atomic mass is 16.4. The Balaban J connectivity index is 1.35. The van der Waals surface area contributed by atoms with Crippen molar-refractivity contribution in [1.29, 1.82) is 0 Å². The number of nitrogens with one attached hydrogen (secondary N) is 3. The SMILES string of the molecule is CCc1ccc(NC(=O)Nc2ccc(-c3ccc(C(=O)NC4(C(=O)O)CC4)cc3)cc2)cc1. The molecule has 0 atom stereocenters. The number of amides is 3. The Morgan fingerprint density at radius 1 is 0.788 bits per heavy atom. The van der Waals surface area contributed by atoms with Gasteiger partial charge in [-0.25, -0.2) is 9.59 Å². The number of hydrogen-bond acceptors (Lipinski definition) is 3. The summed E-state index contributed by atoms with van der Waals surface area (Å²) in [5, 5.41) is 17.4. The lowest BCUT2D eigenvalue weighted by Crippen LogP contribution is -2.43. The van der Waals surface area contributed by atoms with E-state index in [-0.39, 0.29) is 6.03 Å². The van der Waals surface area contributed by atoms with Gasteiger partial charge in [0.2, 0.25) is 0 Å². The van der Waals surface area contributed by atoms with Gasteiger partial charge in [-0.1, -0.05) is 43.3 Å². The number of anilines is 2. The zero-order chi connectivity index (χ0) is 23.4. The Morgan fingerprint density at radius 2 is 1.27 bits per heavy atom. The molecule has 0 unspecified atom stereocenters. The van der Waals surface area contributed by atoms with Crippen LogP contribution in [-0.4, -0.2) is 28.6 Å². The Bertz CT molecular complexity index is 1170. The number of carboxylic acid groups (broad SMARTS) is 1. The monoisotopic (exact) mass is 443 g/mol. The molecule has 1 aliphatic rings. The number of hydrogen-bond donors (Lipinski definition) is 4. The molecule has 0 bridgehead atoms. The highest BCUT2D eigenvalue weighted by Gasteiger charge is 2.51. The van der Waals surface area contributed by atoms with Gasteiger partial charge in [-0.15, -0.1) is 0 Å². The van der Waals surface area contributed by atoms with E-state index in [2.05, 4.69) is 22.9 Å². The Hall–Kier alpha value is -4.13. The van der Waals surface area contributed by atoms with E-state index < -0.39 is 17.4 Å². The maximum absolute atomic E-state index is 12.3. The third-order valence-electron chi connectivity index (χ3n) is 5.76. The third kappa shape index (κ3) is 5.20. The van der Waals surface area contributed by atoms with Crippen LogP contribution in [0.25, 0.3) is 11.1 Å². The van der Waals surface area contributed by atoms with Gasteiger partial charge in [-0.2, -0.15) is 0 Å². The van der Waals surface area contributed by atoms with Crippen molar-refractivity contribution in [2.24, 2.45) is 0 Å². The first-order valence-electron chi connectivity index (χ1n) is 10.8. The van der Waals surface area contributed by atoms with E-state index in [1.54, 1.807) is 24.3 Å². The molecular formula is C26H25N3O4. The molecule has 0 aliphatic heterocycles. The predicted octanol–water partition coefficient (Wildman–Crippen LogP) is 4.91. The van der Waals surface area contributed by atoms with Gasteiger partial charge in [0, 0.05) is 16.9 Å². The van der Waals surface area contributed by atoms with Crippen LogP contribution < -0.4 is 16.0 Å². The fourth-order valence-corrected chi connectivity index (χ4v) is 3.48. The molecule has 7 heteroatoms. The van der Waals surface area contributed by atoms with E-state index in [4.69, 9.17) is 0 Å². The summed E-state index contributed by atoms with van der Waals surface area (Å²) in [6.45, 7) is 2.08. The lowest BCUT2D eigenvalue weighted by Gasteiger charge is -2.12. The molecule has 4 rings (SSSR count). The first kappa shape index (κ1) is 22.1. The van der Waals surface area contributed by atoms with E-state index in [9.17, 15) is 19.5 Å². The topological polar surface area (TPSA) is 108 Å². The standard InChI is InChI=1S/C26H25N3O4/c1-2-17-3-11-21(12-4-17)27-25(33)28-22-13-9-19(10-14-22)18-5-7-20(8-6-18)23(30)29-26(15-16-26)24(31)32/h3-14H,2,15-16H2,1H3,(H,29,30)(H,31,32)(H2,27,28,33). The van der Waals surface area contributed by atoms with Gasteiger partial charge in [0.25, 0.3) is 5.91 Å². The Labute approximate surface area is 191 Å². The van der Waals surface area contributed by atoms with Crippen LogP contribution in [0.4, 0.5) is 16.2 Å². The molecule has 4 N–H and O–H groups in total. The van der Waals surface area contributed by atoms with Gasteiger partial charge < -0.3 is 21.1 Å². The molecular weight excluding hydrogens is 418 g/mol. The molecule has 0 saturated heterocycles. The number of aliphatic carboxylic acids is 1. The van der Waals surface area contributed by atoms with Crippen LogP contribution >= 0.6 is 0 Å². The molecule has 3 aromatic carbocycles. The molecule has 0 aromatic heterocycles. The van der Waals surface area contributed by atoms with Gasteiger partial charge in [0.15, 0.2) is 0 Å². The minimum Gasteiger partial charge on any atom is -0.480 e. The maximum atomic E-state index is 12.3. The van der Waals surface area contributed by atoms with E-state index in [1.165, 1.54) is 5.56 Å². The highest BCUT2D eigenvalue weighted by molar-refractivity contribution is 6.00. The van der Waals surface area contributed by atoms with Gasteiger partial charge in [0.05, 0.1) is 0 Å². The molecule has 0 heterocycles. The summed E-state index contributed by atoms with van der Waals surface area (Å²) < 4.78 is 0. The van der Waals surface area contributed by atoms with Gasteiger partial charge in [0.1, 0.15) is 5.54 Å². The second kappa shape index (κ2) is 9.16. The van der Waals surface area contributed by atoms with Crippen molar-refractivity contribution >= 4 is 29.3 Å². The molecule has 168 valence electrons. The zero-order valence-corrected chi connectivity index (χ0v) is 18.2. The Kier molecular flexibility index (Phi) is 6.13. The van der Waals surface area contributed by atoms with Crippen LogP contribution in [0.15, 0.2) is 72.8 Å². The van der Waals surface area contributed by atoms with Crippen molar-refractivity contribution in [3.8, 4) is 11.1 Å². The smallest absolute Gasteiger partial charge is 0.329 e. The number of benzene rings is 3. The van der Waals surface area contributed by atoms with Crippen molar-refractivity contribution in [3.63, 3.8) is 0 Å². The fourth-order valence-electron chi connectivity index (χ4n) is 3.48. The second-order valence-electron chi connectivity index (χ2n) is 8.13. The van der Waals surface area contributed by atoms with Gasteiger partial charge >= 0.3 is 12.0 Å². The van der Waals surface area contributed by atoms with Crippen molar-refractivity contribution in [2.45, 2.75) is 31.7 Å². The summed E-state index contributed by atoms with van der Waals surface area (Å²) in [4.78, 5) is 35.8. The van der Waals surface area contributed by atoms with E-state index in [1.807, 2.05) is 48.5 Å². The minimum absolute atomic E-state index is 0.322. The first-order valence-corrected chi connectivity index (χ1v) is 10.8. The summed E-state index contributed by atoms with van der Waals surface area (Å²) in [6, 6.07) is 21.7. The molecule has 0 spiro atoms. The number of carbonyl (C=O) groups excluding carboxylic acids is 2. The van der Waals surface area contributed by atoms with Crippen LogP contribution in [0.2, 0.25) is 0 Å². The van der Waals surface area contributed by atoms with E-state index in [0.29, 0.717) is 24.1 Å². The quantitative estimate of drug-likeness (QED) is 0.416. The first-order chi connectivity index (χ1) is 15.9. The maximum Gasteiger partial charge on any atom is 0.329 e. The van der Waals surface area contributed by atoms with Gasteiger partial charge in [-0.05, 0) is 72.4 Å². The molecule has 3 aromatic rings. The summed E-state index contributed by atoms with van der Waals surface area (Å²) in [6.07, 6.45) is 1.85. The number of rotatable bonds is 7. The zero-order valence-electron chi connectivity index (χ0n) is 18.2. The second-order valence-corrected chi connectivity index (χ2v) is 8.13. The summed E-state index contributed by atoms with van der Waals surface area (Å²) in [5.41, 5.74) is 3.71. The average Bonchev–Trinajstić information content (AvgIpc) is 3.61. The summed E-state index contributed by atoms with van der Waals surface area (Å²) >= 11 is 0. The molecule has 33 heavy (non-hydrogen) atoms. The third-order valence-corrected chi connectivity index (χ3v) is 5.76. The van der Waals surface area contributed by atoms with Crippen LogP contribution in [0.1, 0.15) is 35.7 Å². The largest absolute Gasteiger partial charge is 0.480 e. The molecule has 1 aliphatic carbocycles. The van der Waals surface area contributed by atoms with Crippen LogP contribution in [0.5, 0.6) is 0 Å². The van der Waals surface area contributed by atoms with Crippen molar-refractivity contribution in [2.75, 3.05) is 10.6 Å². The van der Waals surface area contributed by atoms with Crippen molar-refractivity contribution in [3.05, 3.63) is 83.9 Å². The highest BCUT2D eigenvalue weighted by Crippen LogP contribution is 2.35. The molecule has 1 saturated carbocycles. The number of urea groups is 1. The fraction of sp³-hybridized carbons (Fsp3) is 0.192. The van der Waals surface area contributed by atoms with Gasteiger partial charge in [-0.3, -0.25) is 4.79 Å². The van der Waals surface area contributed by atoms with Crippen LogP contribution in [-0.2, 0) is 11.2 Å².